The van der Waals surface area contributed by atoms with Crippen LogP contribution in [-0.4, -0.2) is 31.6 Å². The molecule has 1 aliphatic heterocycles. The zero-order chi connectivity index (χ0) is 14.2. The number of aryl methyl sites for hydroxylation is 1. The fourth-order valence-corrected chi connectivity index (χ4v) is 2.36. The zero-order valence-corrected chi connectivity index (χ0v) is 13.4. The van der Waals surface area contributed by atoms with Gasteiger partial charge in [-0.2, -0.15) is 0 Å². The average Bonchev–Trinajstić information content (AvgIpc) is 2.91. The van der Waals surface area contributed by atoms with E-state index >= 15 is 0 Å². The zero-order valence-electron chi connectivity index (χ0n) is 12.6. The molecule has 1 heterocycles. The molecule has 1 fully saturated rings. The maximum atomic E-state index is 11.7. The molecule has 1 aromatic carbocycles. The van der Waals surface area contributed by atoms with E-state index in [-0.39, 0.29) is 18.3 Å². The molecule has 1 atom stereocenters. The van der Waals surface area contributed by atoms with Gasteiger partial charge < -0.3 is 15.4 Å². The number of ether oxygens (including phenoxy) is 1. The number of benzene rings is 1. The molecule has 0 aromatic heterocycles. The Labute approximate surface area is 133 Å². The number of hydrogen-bond donors (Lipinski definition) is 2. The third kappa shape index (κ3) is 6.82. The van der Waals surface area contributed by atoms with E-state index in [0.29, 0.717) is 19.1 Å². The third-order valence-corrected chi connectivity index (χ3v) is 3.48. The average molecular weight is 313 g/mol. The smallest absolute Gasteiger partial charge is 0.220 e. The van der Waals surface area contributed by atoms with Crippen LogP contribution in [0.25, 0.3) is 0 Å². The minimum atomic E-state index is 0. The number of hydrogen-bond acceptors (Lipinski definition) is 3. The molecule has 5 heteroatoms. The summed E-state index contributed by atoms with van der Waals surface area (Å²) in [4.78, 5) is 11.7. The minimum absolute atomic E-state index is 0. The van der Waals surface area contributed by atoms with E-state index in [4.69, 9.17) is 4.74 Å². The Morgan fingerprint density at radius 3 is 3.00 bits per heavy atom. The van der Waals surface area contributed by atoms with E-state index < -0.39 is 0 Å². The summed E-state index contributed by atoms with van der Waals surface area (Å²) in [7, 11) is 0. The van der Waals surface area contributed by atoms with Crippen molar-refractivity contribution >= 4 is 18.3 Å². The molecule has 0 aliphatic carbocycles. The van der Waals surface area contributed by atoms with Crippen molar-refractivity contribution in [3.8, 4) is 5.75 Å². The molecule has 1 unspecified atom stereocenters. The molecular weight excluding hydrogens is 288 g/mol. The highest BCUT2D eigenvalue weighted by Crippen LogP contribution is 2.12. The van der Waals surface area contributed by atoms with Crippen molar-refractivity contribution in [3.63, 3.8) is 0 Å². The van der Waals surface area contributed by atoms with Crippen molar-refractivity contribution in [3.05, 3.63) is 29.8 Å². The van der Waals surface area contributed by atoms with Gasteiger partial charge in [-0.25, -0.2) is 0 Å². The van der Waals surface area contributed by atoms with Crippen molar-refractivity contribution in [1.29, 1.82) is 0 Å². The van der Waals surface area contributed by atoms with E-state index in [9.17, 15) is 4.79 Å². The summed E-state index contributed by atoms with van der Waals surface area (Å²) in [5.74, 6) is 1.07. The molecule has 1 aliphatic rings. The van der Waals surface area contributed by atoms with E-state index in [2.05, 4.69) is 23.6 Å². The second-order valence-corrected chi connectivity index (χ2v) is 5.38. The van der Waals surface area contributed by atoms with Gasteiger partial charge in [0.05, 0.1) is 6.61 Å². The number of rotatable bonds is 7. The normalized spacial score (nSPS) is 17.1. The minimum Gasteiger partial charge on any atom is -0.494 e. The number of halogens is 1. The molecule has 2 N–H and O–H groups in total. The lowest BCUT2D eigenvalue weighted by Gasteiger charge is -2.11. The first kappa shape index (κ1) is 17.8. The predicted octanol–water partition coefficient (Wildman–Crippen LogP) is 2.44. The first-order chi connectivity index (χ1) is 9.74. The number of carbonyl (C=O) groups is 1. The Bertz CT molecular complexity index is 434. The van der Waals surface area contributed by atoms with Crippen LogP contribution in [0.4, 0.5) is 0 Å². The Balaban J connectivity index is 0.00000220. The van der Waals surface area contributed by atoms with Crippen LogP contribution in [0.2, 0.25) is 0 Å². The van der Waals surface area contributed by atoms with Gasteiger partial charge in [0.15, 0.2) is 0 Å². The highest BCUT2D eigenvalue weighted by Gasteiger charge is 2.15. The largest absolute Gasteiger partial charge is 0.494 e. The van der Waals surface area contributed by atoms with E-state index in [1.54, 1.807) is 0 Å². The lowest BCUT2D eigenvalue weighted by Crippen LogP contribution is -2.36. The monoisotopic (exact) mass is 312 g/mol. The van der Waals surface area contributed by atoms with Gasteiger partial charge in [0.1, 0.15) is 5.75 Å². The highest BCUT2D eigenvalue weighted by molar-refractivity contribution is 5.85. The van der Waals surface area contributed by atoms with Crippen LogP contribution in [-0.2, 0) is 4.79 Å². The Hall–Kier alpha value is -1.26. The molecule has 1 saturated heterocycles. The Kier molecular flexibility index (Phi) is 8.16. The molecular formula is C16H25ClN2O2. The summed E-state index contributed by atoms with van der Waals surface area (Å²) in [6, 6.07) is 8.36. The number of nitrogens with one attached hydrogen (secondary N) is 2. The first-order valence-corrected chi connectivity index (χ1v) is 7.43. The van der Waals surface area contributed by atoms with E-state index in [1.807, 2.05) is 18.2 Å². The molecule has 4 nitrogen and oxygen atoms in total. The van der Waals surface area contributed by atoms with Crippen LogP contribution < -0.4 is 15.4 Å². The van der Waals surface area contributed by atoms with Gasteiger partial charge in [0, 0.05) is 19.0 Å². The summed E-state index contributed by atoms with van der Waals surface area (Å²) in [6.45, 7) is 4.63. The van der Waals surface area contributed by atoms with Crippen LogP contribution in [0.1, 0.15) is 31.2 Å². The lowest BCUT2D eigenvalue weighted by atomic mass is 10.2. The van der Waals surface area contributed by atoms with Gasteiger partial charge in [0.25, 0.3) is 0 Å². The SMILES string of the molecule is Cc1cccc(OCCCCC(=O)NC2CCNC2)c1.Cl. The summed E-state index contributed by atoms with van der Waals surface area (Å²) in [5.41, 5.74) is 1.20. The van der Waals surface area contributed by atoms with Gasteiger partial charge in [-0.15, -0.1) is 12.4 Å². The van der Waals surface area contributed by atoms with Crippen LogP contribution >= 0.6 is 12.4 Å². The summed E-state index contributed by atoms with van der Waals surface area (Å²) < 4.78 is 5.66. The Morgan fingerprint density at radius 1 is 1.43 bits per heavy atom. The van der Waals surface area contributed by atoms with Crippen LogP contribution in [0, 0.1) is 6.92 Å². The number of carbonyl (C=O) groups excluding carboxylic acids is 1. The molecule has 0 bridgehead atoms. The lowest BCUT2D eigenvalue weighted by molar-refractivity contribution is -0.121. The van der Waals surface area contributed by atoms with Crippen LogP contribution in [0.5, 0.6) is 5.75 Å². The second-order valence-electron chi connectivity index (χ2n) is 5.38. The molecule has 2 rings (SSSR count). The molecule has 1 aromatic rings. The maximum Gasteiger partial charge on any atom is 0.220 e. The predicted molar refractivity (Wildman–Crippen MR) is 87.2 cm³/mol. The molecule has 0 saturated carbocycles. The standard InChI is InChI=1S/C16H24N2O2.ClH/c1-13-5-4-6-15(11-13)20-10-3-2-7-16(19)18-14-8-9-17-12-14;/h4-6,11,14,17H,2-3,7-10,12H2,1H3,(H,18,19);1H. The molecule has 0 spiro atoms. The summed E-state index contributed by atoms with van der Waals surface area (Å²) >= 11 is 0. The molecule has 118 valence electrons. The van der Waals surface area contributed by atoms with Gasteiger partial charge in [0.2, 0.25) is 5.91 Å². The first-order valence-electron chi connectivity index (χ1n) is 7.43. The third-order valence-electron chi connectivity index (χ3n) is 3.48. The van der Waals surface area contributed by atoms with Gasteiger partial charge >= 0.3 is 0 Å². The number of amides is 1. The van der Waals surface area contributed by atoms with Crippen molar-refractivity contribution in [2.24, 2.45) is 0 Å². The van der Waals surface area contributed by atoms with Crippen molar-refractivity contribution in [2.75, 3.05) is 19.7 Å². The topological polar surface area (TPSA) is 50.4 Å². The van der Waals surface area contributed by atoms with Crippen molar-refractivity contribution < 1.29 is 9.53 Å². The van der Waals surface area contributed by atoms with Crippen LogP contribution in [0.15, 0.2) is 24.3 Å². The Morgan fingerprint density at radius 2 is 2.29 bits per heavy atom. The fourth-order valence-electron chi connectivity index (χ4n) is 2.36. The number of unbranched alkanes of at least 4 members (excludes halogenated alkanes) is 1. The second kappa shape index (κ2) is 9.64. The van der Waals surface area contributed by atoms with E-state index in [1.165, 1.54) is 5.56 Å². The van der Waals surface area contributed by atoms with Crippen molar-refractivity contribution in [2.45, 2.75) is 38.6 Å². The molecule has 21 heavy (non-hydrogen) atoms. The molecule has 1 amide bonds. The summed E-state index contributed by atoms with van der Waals surface area (Å²) in [5, 5.41) is 6.29. The summed E-state index contributed by atoms with van der Waals surface area (Å²) in [6.07, 6.45) is 3.41. The highest BCUT2D eigenvalue weighted by atomic mass is 35.5. The fraction of sp³-hybridized carbons (Fsp3) is 0.562. The van der Waals surface area contributed by atoms with Crippen molar-refractivity contribution in [1.82, 2.24) is 10.6 Å². The molecule has 0 radical (unpaired) electrons. The maximum absolute atomic E-state index is 11.7. The van der Waals surface area contributed by atoms with Crippen LogP contribution in [0.3, 0.4) is 0 Å². The van der Waals surface area contributed by atoms with E-state index in [0.717, 1.165) is 38.1 Å². The van der Waals surface area contributed by atoms with Gasteiger partial charge in [-0.3, -0.25) is 4.79 Å². The van der Waals surface area contributed by atoms with Gasteiger partial charge in [-0.1, -0.05) is 12.1 Å². The quantitative estimate of drug-likeness (QED) is 0.760. The van der Waals surface area contributed by atoms with Gasteiger partial charge in [-0.05, 0) is 50.4 Å².